The molecular formula is C12H26N6O3. The predicted molar refractivity (Wildman–Crippen MR) is 80.4 cm³/mol. The molecule has 122 valence electrons. The van der Waals surface area contributed by atoms with Crippen LogP contribution in [0, 0.1) is 0 Å². The van der Waals surface area contributed by atoms with Crippen LogP contribution in [0.25, 0.3) is 0 Å². The highest BCUT2D eigenvalue weighted by molar-refractivity contribution is 5.86. The summed E-state index contributed by atoms with van der Waals surface area (Å²) < 4.78 is 0. The smallest absolute Gasteiger partial charge is 0.326 e. The third kappa shape index (κ3) is 9.63. The molecule has 0 aliphatic rings. The molecule has 0 aliphatic carbocycles. The van der Waals surface area contributed by atoms with Crippen LogP contribution in [0.3, 0.4) is 0 Å². The van der Waals surface area contributed by atoms with E-state index >= 15 is 0 Å². The topological polar surface area (TPSA) is 183 Å². The number of carboxylic acid groups (broad SMARTS) is 1. The Kier molecular flexibility index (Phi) is 9.90. The summed E-state index contributed by atoms with van der Waals surface area (Å²) >= 11 is 0. The minimum absolute atomic E-state index is 0.0149. The van der Waals surface area contributed by atoms with E-state index in [1.807, 2.05) is 0 Å². The number of unbranched alkanes of at least 4 members (excludes halogenated alkanes) is 1. The van der Waals surface area contributed by atoms with Crippen LogP contribution in [-0.2, 0) is 9.59 Å². The van der Waals surface area contributed by atoms with Crippen LogP contribution in [-0.4, -0.2) is 48.1 Å². The van der Waals surface area contributed by atoms with Crippen LogP contribution in [0.2, 0.25) is 0 Å². The monoisotopic (exact) mass is 302 g/mol. The van der Waals surface area contributed by atoms with Gasteiger partial charge in [-0.25, -0.2) is 4.79 Å². The normalized spacial score (nSPS) is 13.2. The fourth-order valence-corrected chi connectivity index (χ4v) is 1.68. The van der Waals surface area contributed by atoms with Crippen molar-refractivity contribution in [2.24, 2.45) is 27.9 Å². The molecule has 0 bridgehead atoms. The lowest BCUT2D eigenvalue weighted by Gasteiger charge is -2.17. The lowest BCUT2D eigenvalue weighted by molar-refractivity contribution is -0.142. The van der Waals surface area contributed by atoms with Gasteiger partial charge in [-0.15, -0.1) is 0 Å². The van der Waals surface area contributed by atoms with Crippen molar-refractivity contribution in [1.82, 2.24) is 5.32 Å². The Morgan fingerprint density at radius 3 is 2.33 bits per heavy atom. The molecule has 0 spiro atoms. The van der Waals surface area contributed by atoms with Crippen molar-refractivity contribution in [3.63, 3.8) is 0 Å². The SMILES string of the molecule is NCCCCC(NC(=O)C(N)CCCN=C(N)N)C(=O)O. The van der Waals surface area contributed by atoms with Crippen molar-refractivity contribution in [3.05, 3.63) is 0 Å². The lowest BCUT2D eigenvalue weighted by atomic mass is 10.1. The molecule has 1 amide bonds. The van der Waals surface area contributed by atoms with Gasteiger partial charge in [-0.3, -0.25) is 9.79 Å². The van der Waals surface area contributed by atoms with E-state index in [2.05, 4.69) is 10.3 Å². The Bertz CT molecular complexity index is 357. The van der Waals surface area contributed by atoms with Gasteiger partial charge in [0.25, 0.3) is 0 Å². The molecule has 0 heterocycles. The number of carbonyl (C=O) groups is 2. The van der Waals surface area contributed by atoms with Gasteiger partial charge in [-0.2, -0.15) is 0 Å². The standard InChI is InChI=1S/C12H26N6O3/c13-6-2-1-5-9(11(20)21)18-10(19)8(14)4-3-7-17-12(15)16/h8-9H,1-7,13-14H2,(H,18,19)(H,20,21)(H4,15,16,17). The molecule has 9 heteroatoms. The van der Waals surface area contributed by atoms with Gasteiger partial charge >= 0.3 is 5.97 Å². The number of nitrogens with zero attached hydrogens (tertiary/aromatic N) is 1. The first-order valence-corrected chi connectivity index (χ1v) is 6.92. The third-order valence-corrected chi connectivity index (χ3v) is 2.87. The highest BCUT2D eigenvalue weighted by atomic mass is 16.4. The van der Waals surface area contributed by atoms with Crippen LogP contribution in [0.4, 0.5) is 0 Å². The maximum atomic E-state index is 11.8. The molecule has 9 nitrogen and oxygen atoms in total. The maximum Gasteiger partial charge on any atom is 0.326 e. The summed E-state index contributed by atoms with van der Waals surface area (Å²) in [6.07, 6.45) is 2.59. The molecule has 2 atom stereocenters. The maximum absolute atomic E-state index is 11.8. The van der Waals surface area contributed by atoms with E-state index in [0.717, 1.165) is 0 Å². The quantitative estimate of drug-likeness (QED) is 0.146. The number of hydrogen-bond donors (Lipinski definition) is 6. The van der Waals surface area contributed by atoms with Gasteiger partial charge in [0.05, 0.1) is 6.04 Å². The average Bonchev–Trinajstić information content (AvgIpc) is 2.41. The molecule has 0 aromatic carbocycles. The van der Waals surface area contributed by atoms with Crippen LogP contribution >= 0.6 is 0 Å². The second kappa shape index (κ2) is 10.9. The van der Waals surface area contributed by atoms with E-state index in [1.165, 1.54) is 0 Å². The van der Waals surface area contributed by atoms with Crippen molar-refractivity contribution >= 4 is 17.8 Å². The van der Waals surface area contributed by atoms with Crippen LogP contribution in [0.5, 0.6) is 0 Å². The Hall–Kier alpha value is -1.87. The molecule has 2 unspecified atom stereocenters. The molecule has 0 fully saturated rings. The van der Waals surface area contributed by atoms with Crippen molar-refractivity contribution in [2.75, 3.05) is 13.1 Å². The highest BCUT2D eigenvalue weighted by Crippen LogP contribution is 2.02. The Labute approximate surface area is 124 Å². The van der Waals surface area contributed by atoms with Gasteiger partial charge < -0.3 is 33.4 Å². The van der Waals surface area contributed by atoms with Gasteiger partial charge in [0.15, 0.2) is 5.96 Å². The van der Waals surface area contributed by atoms with Gasteiger partial charge in [0, 0.05) is 6.54 Å². The zero-order valence-corrected chi connectivity index (χ0v) is 12.1. The Morgan fingerprint density at radius 1 is 1.14 bits per heavy atom. The number of rotatable bonds is 11. The average molecular weight is 302 g/mol. The van der Waals surface area contributed by atoms with E-state index in [0.29, 0.717) is 45.2 Å². The molecule has 0 radical (unpaired) electrons. The van der Waals surface area contributed by atoms with Crippen LogP contribution in [0.1, 0.15) is 32.1 Å². The summed E-state index contributed by atoms with van der Waals surface area (Å²) in [7, 11) is 0. The van der Waals surface area contributed by atoms with Crippen molar-refractivity contribution in [3.8, 4) is 0 Å². The van der Waals surface area contributed by atoms with Crippen molar-refractivity contribution < 1.29 is 14.7 Å². The van der Waals surface area contributed by atoms with E-state index < -0.39 is 24.0 Å². The van der Waals surface area contributed by atoms with Crippen molar-refractivity contribution in [1.29, 1.82) is 0 Å². The number of nitrogens with two attached hydrogens (primary N) is 4. The molecule has 0 aromatic heterocycles. The molecule has 21 heavy (non-hydrogen) atoms. The second-order valence-corrected chi connectivity index (χ2v) is 4.74. The number of carbonyl (C=O) groups excluding carboxylic acids is 1. The van der Waals surface area contributed by atoms with Gasteiger partial charge in [0.2, 0.25) is 5.91 Å². The summed E-state index contributed by atoms with van der Waals surface area (Å²) in [6.45, 7) is 0.868. The summed E-state index contributed by atoms with van der Waals surface area (Å²) in [5.74, 6) is -1.58. The predicted octanol–water partition coefficient (Wildman–Crippen LogP) is -1.93. The zero-order valence-electron chi connectivity index (χ0n) is 12.1. The largest absolute Gasteiger partial charge is 0.480 e. The summed E-state index contributed by atoms with van der Waals surface area (Å²) in [4.78, 5) is 26.6. The molecule has 0 aliphatic heterocycles. The van der Waals surface area contributed by atoms with E-state index in [4.69, 9.17) is 28.0 Å². The number of aliphatic imine (C=N–C) groups is 1. The number of hydrogen-bond acceptors (Lipinski definition) is 5. The first-order valence-electron chi connectivity index (χ1n) is 6.92. The summed E-state index contributed by atoms with van der Waals surface area (Å²) in [5.41, 5.74) is 21.4. The number of amides is 1. The fraction of sp³-hybridized carbons (Fsp3) is 0.750. The number of nitrogens with one attached hydrogen (secondary N) is 1. The summed E-state index contributed by atoms with van der Waals surface area (Å²) in [6, 6.07) is -1.72. The minimum Gasteiger partial charge on any atom is -0.480 e. The lowest BCUT2D eigenvalue weighted by Crippen LogP contribution is -2.48. The van der Waals surface area contributed by atoms with Crippen LogP contribution in [0.15, 0.2) is 4.99 Å². The zero-order chi connectivity index (χ0) is 16.3. The number of aliphatic carboxylic acids is 1. The molecule has 0 saturated heterocycles. The van der Waals surface area contributed by atoms with Gasteiger partial charge in [0.1, 0.15) is 6.04 Å². The van der Waals surface area contributed by atoms with Gasteiger partial charge in [-0.1, -0.05) is 0 Å². The van der Waals surface area contributed by atoms with Crippen LogP contribution < -0.4 is 28.3 Å². The van der Waals surface area contributed by atoms with E-state index in [1.54, 1.807) is 0 Å². The molecule has 0 rings (SSSR count). The van der Waals surface area contributed by atoms with Crippen molar-refractivity contribution in [2.45, 2.75) is 44.2 Å². The highest BCUT2D eigenvalue weighted by Gasteiger charge is 2.22. The third-order valence-electron chi connectivity index (χ3n) is 2.87. The second-order valence-electron chi connectivity index (χ2n) is 4.74. The first kappa shape index (κ1) is 19.1. The molecule has 10 N–H and O–H groups in total. The molecule has 0 aromatic rings. The number of carboxylic acids is 1. The van der Waals surface area contributed by atoms with E-state index in [-0.39, 0.29) is 5.96 Å². The minimum atomic E-state index is -1.08. The molecule has 0 saturated carbocycles. The van der Waals surface area contributed by atoms with Gasteiger partial charge in [-0.05, 0) is 38.6 Å². The number of guanidine groups is 1. The van der Waals surface area contributed by atoms with E-state index in [9.17, 15) is 9.59 Å². The summed E-state index contributed by atoms with van der Waals surface area (Å²) in [5, 5.41) is 11.5. The Morgan fingerprint density at radius 2 is 1.81 bits per heavy atom. The first-order chi connectivity index (χ1) is 9.88. The Balaban J connectivity index is 4.15. The fourth-order valence-electron chi connectivity index (χ4n) is 1.68. The molecular weight excluding hydrogens is 276 g/mol.